The van der Waals surface area contributed by atoms with Gasteiger partial charge in [-0.2, -0.15) is 0 Å². The molecule has 0 amide bonds. The molecule has 0 radical (unpaired) electrons. The molecule has 1 saturated carbocycles. The first-order valence-corrected chi connectivity index (χ1v) is 15.7. The van der Waals surface area contributed by atoms with Gasteiger partial charge in [0.05, 0.1) is 18.7 Å². The van der Waals surface area contributed by atoms with Crippen LogP contribution < -0.4 is 10.1 Å². The second kappa shape index (κ2) is 12.9. The largest absolute Gasteiger partial charge is 0.462 e. The first-order valence-electron chi connectivity index (χ1n) is 13.1. The molecule has 1 saturated heterocycles. The number of hydrogen-bond acceptors (Lipinski definition) is 10. The molecule has 40 heavy (non-hydrogen) atoms. The van der Waals surface area contributed by atoms with Crippen LogP contribution in [0.1, 0.15) is 52.2 Å². The quantitative estimate of drug-likeness (QED) is 0.199. The number of aromatic nitrogens is 2. The number of nitrogens with zero attached hydrogens (tertiary/aromatic N) is 1. The van der Waals surface area contributed by atoms with Gasteiger partial charge in [-0.1, -0.05) is 24.9 Å². The smallest absolute Gasteiger partial charge is 0.380 e. The summed E-state index contributed by atoms with van der Waals surface area (Å²) < 4.78 is 38.3. The molecule has 6 atom stereocenters. The number of H-pyrrole nitrogens is 1. The van der Waals surface area contributed by atoms with E-state index in [0.29, 0.717) is 5.02 Å². The van der Waals surface area contributed by atoms with E-state index < -0.39 is 55.7 Å². The molecule has 0 spiro atoms. The molecule has 0 bridgehead atoms. The predicted octanol–water partition coefficient (Wildman–Crippen LogP) is 4.37. The number of carbonyl (C=O) groups excluding carboxylic acids is 1. The number of nitrogens with one attached hydrogen (secondary N) is 1. The molecule has 1 aromatic heterocycles. The van der Waals surface area contributed by atoms with Crippen molar-refractivity contribution in [1.29, 1.82) is 0 Å². The van der Waals surface area contributed by atoms with Gasteiger partial charge in [-0.3, -0.25) is 23.7 Å². The Hall–Kier alpha value is -2.05. The third-order valence-electron chi connectivity index (χ3n) is 7.09. The number of aliphatic hydroxyl groups excluding tert-OH is 1. The summed E-state index contributed by atoms with van der Waals surface area (Å²) in [5.74, 6) is -1.11. The van der Waals surface area contributed by atoms with E-state index in [-0.39, 0.29) is 22.8 Å². The van der Waals surface area contributed by atoms with Crippen molar-refractivity contribution in [3.8, 4) is 5.75 Å². The maximum Gasteiger partial charge on any atom is 0.380 e. The zero-order valence-electron chi connectivity index (χ0n) is 22.2. The molecule has 11 nitrogen and oxygen atoms in total. The normalized spacial score (nSPS) is 27.6. The number of aromatic amines is 1. The molecular weight excluding hydrogens is 583 g/mol. The molecule has 220 valence electrons. The SMILES string of the molecule is C[C@H](CP(=O)(OC[C@H]1O[C@@H](n2ccc(=O)[nH]c2=S)C(C)(O)[C@H]1O)Oc1ccc(Cl)cc1)C(=O)OC1CCCCC1. The maximum absolute atomic E-state index is 14.0. The van der Waals surface area contributed by atoms with Crippen LogP contribution in [-0.2, 0) is 23.4 Å². The van der Waals surface area contributed by atoms with Gasteiger partial charge < -0.3 is 24.2 Å². The van der Waals surface area contributed by atoms with Gasteiger partial charge >= 0.3 is 13.6 Å². The van der Waals surface area contributed by atoms with E-state index in [1.807, 2.05) is 0 Å². The first kappa shape index (κ1) is 30.9. The fourth-order valence-electron chi connectivity index (χ4n) is 4.82. The summed E-state index contributed by atoms with van der Waals surface area (Å²) in [4.78, 5) is 26.8. The number of esters is 1. The molecule has 2 aliphatic rings. The van der Waals surface area contributed by atoms with Gasteiger partial charge in [0.25, 0.3) is 5.56 Å². The second-order valence-corrected chi connectivity index (χ2v) is 13.3. The highest BCUT2D eigenvalue weighted by atomic mass is 35.5. The molecule has 2 unspecified atom stereocenters. The number of carbonyl (C=O) groups is 1. The number of halogens is 1. The van der Waals surface area contributed by atoms with Crippen molar-refractivity contribution in [3.63, 3.8) is 0 Å². The van der Waals surface area contributed by atoms with Gasteiger partial charge in [-0.05, 0) is 69.1 Å². The van der Waals surface area contributed by atoms with Crippen LogP contribution in [0.15, 0.2) is 41.3 Å². The number of rotatable bonds is 10. The average molecular weight is 617 g/mol. The molecule has 4 rings (SSSR count). The fourth-order valence-corrected chi connectivity index (χ4v) is 7.08. The lowest BCUT2D eigenvalue weighted by Crippen LogP contribution is -2.44. The van der Waals surface area contributed by atoms with Crippen LogP contribution in [0.3, 0.4) is 0 Å². The number of hydrogen-bond donors (Lipinski definition) is 3. The molecular formula is C26H34ClN2O9PS. The van der Waals surface area contributed by atoms with Crippen molar-refractivity contribution in [2.45, 2.75) is 76.1 Å². The number of aliphatic hydroxyl groups is 2. The lowest BCUT2D eigenvalue weighted by molar-refractivity contribution is -0.154. The zero-order valence-corrected chi connectivity index (χ0v) is 24.7. The van der Waals surface area contributed by atoms with Crippen LogP contribution in [0, 0.1) is 10.7 Å². The minimum atomic E-state index is -4.04. The Bertz CT molecular complexity index is 1340. The Morgan fingerprint density at radius 1 is 1.27 bits per heavy atom. The zero-order chi connectivity index (χ0) is 29.1. The summed E-state index contributed by atoms with van der Waals surface area (Å²) in [6.45, 7) is 2.49. The summed E-state index contributed by atoms with van der Waals surface area (Å²) in [7, 11) is -4.04. The summed E-state index contributed by atoms with van der Waals surface area (Å²) in [5, 5.41) is 22.4. The Labute approximate surface area is 241 Å². The van der Waals surface area contributed by atoms with E-state index in [1.165, 1.54) is 35.9 Å². The molecule has 3 N–H and O–H groups in total. The van der Waals surface area contributed by atoms with E-state index in [9.17, 15) is 24.4 Å². The monoisotopic (exact) mass is 616 g/mol. The van der Waals surface area contributed by atoms with Crippen molar-refractivity contribution in [2.75, 3.05) is 12.8 Å². The Kier molecular flexibility index (Phi) is 9.93. The van der Waals surface area contributed by atoms with E-state index in [2.05, 4.69) is 4.98 Å². The highest BCUT2D eigenvalue weighted by Crippen LogP contribution is 2.51. The molecule has 2 aromatic rings. The van der Waals surface area contributed by atoms with Crippen LogP contribution >= 0.6 is 31.4 Å². The molecule has 1 aromatic carbocycles. The Balaban J connectivity index is 1.49. The third kappa shape index (κ3) is 7.42. The van der Waals surface area contributed by atoms with Gasteiger partial charge in [-0.15, -0.1) is 0 Å². The highest BCUT2D eigenvalue weighted by molar-refractivity contribution is 7.71. The predicted molar refractivity (Wildman–Crippen MR) is 149 cm³/mol. The summed E-state index contributed by atoms with van der Waals surface area (Å²) >= 11 is 11.1. The maximum atomic E-state index is 14.0. The van der Waals surface area contributed by atoms with Crippen molar-refractivity contribution in [1.82, 2.24) is 9.55 Å². The highest BCUT2D eigenvalue weighted by Gasteiger charge is 2.53. The van der Waals surface area contributed by atoms with Gasteiger partial charge in [0, 0.05) is 17.3 Å². The van der Waals surface area contributed by atoms with E-state index in [1.54, 1.807) is 19.1 Å². The first-order chi connectivity index (χ1) is 18.9. The third-order valence-corrected chi connectivity index (χ3v) is 9.68. The van der Waals surface area contributed by atoms with E-state index in [4.69, 9.17) is 42.3 Å². The standard InChI is InChI=1S/C26H34ClN2O9PS/c1-16(23(32)36-18-6-4-3-5-7-18)15-39(34,38-19-10-8-17(27)9-11-19)35-14-20-22(31)26(2,33)24(37-20)29-13-12-21(30)28-25(29)40/h8-13,16,18,20,22,24,31,33H,3-7,14-15H2,1-2H3,(H,28,30,40)/t16-,20-,22+,24-,26?,39?/m1/s1. The van der Waals surface area contributed by atoms with Crippen LogP contribution in [0.2, 0.25) is 5.02 Å². The minimum absolute atomic E-state index is 0.0198. The summed E-state index contributed by atoms with van der Waals surface area (Å²) in [5.41, 5.74) is -2.28. The van der Waals surface area contributed by atoms with Gasteiger partial charge in [0.2, 0.25) is 0 Å². The van der Waals surface area contributed by atoms with E-state index in [0.717, 1.165) is 32.1 Å². The lowest BCUT2D eigenvalue weighted by Gasteiger charge is -2.28. The van der Waals surface area contributed by atoms with Crippen molar-refractivity contribution < 1.29 is 38.1 Å². The van der Waals surface area contributed by atoms with Crippen molar-refractivity contribution in [3.05, 3.63) is 56.7 Å². The molecule has 1 aliphatic heterocycles. The van der Waals surface area contributed by atoms with Gasteiger partial charge in [0.15, 0.2) is 11.0 Å². The molecule has 1 aliphatic carbocycles. The molecule has 2 heterocycles. The topological polar surface area (TPSA) is 149 Å². The van der Waals surface area contributed by atoms with Crippen LogP contribution in [0.25, 0.3) is 0 Å². The van der Waals surface area contributed by atoms with Gasteiger partial charge in [-0.25, -0.2) is 4.57 Å². The minimum Gasteiger partial charge on any atom is -0.462 e. The molecule has 2 fully saturated rings. The Morgan fingerprint density at radius 2 is 1.95 bits per heavy atom. The van der Waals surface area contributed by atoms with Crippen molar-refractivity contribution >= 4 is 37.4 Å². The van der Waals surface area contributed by atoms with Crippen LogP contribution in [0.4, 0.5) is 0 Å². The van der Waals surface area contributed by atoms with Crippen LogP contribution in [0.5, 0.6) is 5.75 Å². The second-order valence-electron chi connectivity index (χ2n) is 10.4. The lowest BCUT2D eigenvalue weighted by atomic mass is 9.96. The fraction of sp³-hybridized carbons (Fsp3) is 0.577. The number of benzene rings is 1. The average Bonchev–Trinajstić information content (AvgIpc) is 3.13. The van der Waals surface area contributed by atoms with Gasteiger partial charge in [0.1, 0.15) is 29.7 Å². The van der Waals surface area contributed by atoms with Crippen molar-refractivity contribution in [2.24, 2.45) is 5.92 Å². The summed E-state index contributed by atoms with van der Waals surface area (Å²) in [6.07, 6.45) is 1.75. The van der Waals surface area contributed by atoms with E-state index >= 15 is 0 Å². The van der Waals surface area contributed by atoms with Crippen LogP contribution in [-0.4, -0.2) is 62.4 Å². The summed E-state index contributed by atoms with van der Waals surface area (Å²) in [6, 6.07) is 7.35. The number of ether oxygens (including phenoxy) is 2. The molecule has 14 heteroatoms. The Morgan fingerprint density at radius 3 is 2.60 bits per heavy atom.